The zero-order valence-corrected chi connectivity index (χ0v) is 12.3. The lowest BCUT2D eigenvalue weighted by Crippen LogP contribution is -2.73. The van der Waals surface area contributed by atoms with Crippen LogP contribution in [0.25, 0.3) is 0 Å². The number of hydrogen-bond donors (Lipinski definition) is 1. The molecular formula is C16H26O3. The second-order valence-electron chi connectivity index (χ2n) is 8.25. The fourth-order valence-corrected chi connectivity index (χ4v) is 5.89. The van der Waals surface area contributed by atoms with Gasteiger partial charge < -0.3 is 14.6 Å². The van der Waals surface area contributed by atoms with Crippen molar-refractivity contribution >= 4 is 0 Å². The molecule has 1 spiro atoms. The molecule has 0 aromatic heterocycles. The Balaban J connectivity index is 1.82. The van der Waals surface area contributed by atoms with Crippen LogP contribution in [0.1, 0.15) is 46.5 Å². The van der Waals surface area contributed by atoms with Crippen molar-refractivity contribution in [2.75, 3.05) is 13.2 Å². The minimum absolute atomic E-state index is 0.113. The smallest absolute Gasteiger partial charge is 0.176 e. The van der Waals surface area contributed by atoms with Crippen LogP contribution in [-0.2, 0) is 9.47 Å². The highest BCUT2D eigenvalue weighted by molar-refractivity contribution is 5.18. The molecule has 0 amide bonds. The molecule has 4 bridgehead atoms. The summed E-state index contributed by atoms with van der Waals surface area (Å²) < 4.78 is 12.3. The molecule has 4 aliphatic carbocycles. The Bertz CT molecular complexity index is 393. The molecule has 5 rings (SSSR count). The molecule has 4 saturated carbocycles. The quantitative estimate of drug-likeness (QED) is 0.732. The highest BCUT2D eigenvalue weighted by Gasteiger charge is 2.72. The zero-order chi connectivity index (χ0) is 13.5. The van der Waals surface area contributed by atoms with E-state index in [-0.39, 0.29) is 11.3 Å². The van der Waals surface area contributed by atoms with Crippen molar-refractivity contribution in [3.05, 3.63) is 0 Å². The van der Waals surface area contributed by atoms with E-state index in [4.69, 9.17) is 9.47 Å². The SMILES string of the molecule is CC(C)(C)[C@@]1(O)[C@H]2C[C@@H]3C[C@H](C2)C2(OCCO2)[C@H]1C3. The van der Waals surface area contributed by atoms with Crippen molar-refractivity contribution in [2.24, 2.45) is 29.1 Å². The van der Waals surface area contributed by atoms with Gasteiger partial charge >= 0.3 is 0 Å². The van der Waals surface area contributed by atoms with Gasteiger partial charge in [0.1, 0.15) is 0 Å². The van der Waals surface area contributed by atoms with E-state index in [2.05, 4.69) is 20.8 Å². The molecule has 0 aromatic carbocycles. The predicted octanol–water partition coefficient (Wildman–Crippen LogP) is 2.57. The van der Waals surface area contributed by atoms with E-state index in [0.29, 0.717) is 25.0 Å². The van der Waals surface area contributed by atoms with Crippen molar-refractivity contribution in [3.8, 4) is 0 Å². The lowest BCUT2D eigenvalue weighted by atomic mass is 9.43. The molecule has 5 fully saturated rings. The van der Waals surface area contributed by atoms with Crippen LogP contribution in [0.5, 0.6) is 0 Å². The number of aliphatic hydroxyl groups is 1. The Morgan fingerprint density at radius 2 is 1.58 bits per heavy atom. The Hall–Kier alpha value is -0.120. The van der Waals surface area contributed by atoms with Crippen molar-refractivity contribution < 1.29 is 14.6 Å². The van der Waals surface area contributed by atoms with E-state index in [1.807, 2.05) is 0 Å². The molecule has 1 heterocycles. The number of rotatable bonds is 0. The third-order valence-corrected chi connectivity index (χ3v) is 6.52. The summed E-state index contributed by atoms with van der Waals surface area (Å²) >= 11 is 0. The third kappa shape index (κ3) is 1.35. The van der Waals surface area contributed by atoms with Gasteiger partial charge in [-0.05, 0) is 42.9 Å². The fourth-order valence-electron chi connectivity index (χ4n) is 5.89. The molecule has 0 radical (unpaired) electrons. The van der Waals surface area contributed by atoms with Crippen molar-refractivity contribution in [1.82, 2.24) is 0 Å². The maximum absolute atomic E-state index is 11.6. The summed E-state index contributed by atoms with van der Waals surface area (Å²) in [5.74, 6) is 1.44. The van der Waals surface area contributed by atoms with Gasteiger partial charge in [-0.3, -0.25) is 0 Å². The van der Waals surface area contributed by atoms with Crippen molar-refractivity contribution in [2.45, 2.75) is 57.8 Å². The molecular weight excluding hydrogens is 240 g/mol. The zero-order valence-electron chi connectivity index (χ0n) is 12.3. The van der Waals surface area contributed by atoms with Crippen molar-refractivity contribution in [3.63, 3.8) is 0 Å². The summed E-state index contributed by atoms with van der Waals surface area (Å²) in [6, 6.07) is 0. The van der Waals surface area contributed by atoms with Crippen LogP contribution in [0.4, 0.5) is 0 Å². The average molecular weight is 266 g/mol. The van der Waals surface area contributed by atoms with Gasteiger partial charge in [0.25, 0.3) is 0 Å². The van der Waals surface area contributed by atoms with Gasteiger partial charge in [0.15, 0.2) is 5.79 Å². The largest absolute Gasteiger partial charge is 0.389 e. The van der Waals surface area contributed by atoms with Crippen LogP contribution in [-0.4, -0.2) is 29.7 Å². The highest BCUT2D eigenvalue weighted by atomic mass is 16.7. The Labute approximate surface area is 115 Å². The maximum atomic E-state index is 11.6. The van der Waals surface area contributed by atoms with Crippen LogP contribution in [0.3, 0.4) is 0 Å². The van der Waals surface area contributed by atoms with E-state index < -0.39 is 11.4 Å². The Morgan fingerprint density at radius 3 is 2.21 bits per heavy atom. The molecule has 1 saturated heterocycles. The summed E-state index contributed by atoms with van der Waals surface area (Å²) in [6.07, 6.45) is 4.62. The first-order valence-electron chi connectivity index (χ1n) is 7.88. The van der Waals surface area contributed by atoms with Gasteiger partial charge in [-0.1, -0.05) is 20.8 Å². The predicted molar refractivity (Wildman–Crippen MR) is 71.5 cm³/mol. The van der Waals surface area contributed by atoms with Crippen LogP contribution in [0.2, 0.25) is 0 Å². The standard InChI is InChI=1S/C16H26O3/c1-14(2,3)15(17)11-6-10-7-12(9-11)16(13(15)8-10)18-4-5-19-16/h10-13,17H,4-9H2,1-3H3/t10-,11+,12-,13+,15-/m1/s1. The normalized spacial score (nSPS) is 51.2. The maximum Gasteiger partial charge on any atom is 0.176 e. The first-order valence-corrected chi connectivity index (χ1v) is 7.88. The molecule has 1 aliphatic heterocycles. The van der Waals surface area contributed by atoms with Gasteiger partial charge in [-0.2, -0.15) is 0 Å². The van der Waals surface area contributed by atoms with E-state index in [9.17, 15) is 5.11 Å². The van der Waals surface area contributed by atoms with E-state index in [1.54, 1.807) is 0 Å². The van der Waals surface area contributed by atoms with Crippen LogP contribution >= 0.6 is 0 Å². The molecule has 0 unspecified atom stereocenters. The first-order chi connectivity index (χ1) is 8.88. The summed E-state index contributed by atoms with van der Waals surface area (Å²) in [7, 11) is 0. The lowest BCUT2D eigenvalue weighted by molar-refractivity contribution is -0.360. The molecule has 0 aromatic rings. The van der Waals surface area contributed by atoms with Gasteiger partial charge in [0.2, 0.25) is 0 Å². The molecule has 108 valence electrons. The van der Waals surface area contributed by atoms with Gasteiger partial charge in [0.05, 0.1) is 18.8 Å². The van der Waals surface area contributed by atoms with E-state index in [0.717, 1.165) is 18.8 Å². The number of ether oxygens (including phenoxy) is 2. The summed E-state index contributed by atoms with van der Waals surface area (Å²) in [5, 5.41) is 11.6. The Kier molecular flexibility index (Phi) is 2.36. The number of hydrogen-bond acceptors (Lipinski definition) is 3. The Morgan fingerprint density at radius 1 is 0.947 bits per heavy atom. The van der Waals surface area contributed by atoms with E-state index >= 15 is 0 Å². The summed E-state index contributed by atoms with van der Waals surface area (Å²) in [5.41, 5.74) is -0.747. The molecule has 5 atom stereocenters. The average Bonchev–Trinajstić information content (AvgIpc) is 2.80. The van der Waals surface area contributed by atoms with Crippen LogP contribution in [0.15, 0.2) is 0 Å². The summed E-state index contributed by atoms with van der Waals surface area (Å²) in [6.45, 7) is 7.93. The summed E-state index contributed by atoms with van der Waals surface area (Å²) in [4.78, 5) is 0. The van der Waals surface area contributed by atoms with Crippen LogP contribution in [0, 0.1) is 29.1 Å². The van der Waals surface area contributed by atoms with Crippen LogP contribution < -0.4 is 0 Å². The minimum atomic E-state index is -0.634. The molecule has 19 heavy (non-hydrogen) atoms. The van der Waals surface area contributed by atoms with E-state index in [1.165, 1.54) is 12.8 Å². The minimum Gasteiger partial charge on any atom is -0.389 e. The lowest BCUT2D eigenvalue weighted by Gasteiger charge is -2.68. The van der Waals surface area contributed by atoms with Gasteiger partial charge in [-0.15, -0.1) is 0 Å². The van der Waals surface area contributed by atoms with Gasteiger partial charge in [0, 0.05) is 11.8 Å². The molecule has 5 aliphatic rings. The molecule has 3 nitrogen and oxygen atoms in total. The fraction of sp³-hybridized carbons (Fsp3) is 1.00. The first kappa shape index (κ1) is 12.6. The molecule has 1 N–H and O–H groups in total. The highest BCUT2D eigenvalue weighted by Crippen LogP contribution is 2.67. The third-order valence-electron chi connectivity index (χ3n) is 6.52. The monoisotopic (exact) mass is 266 g/mol. The van der Waals surface area contributed by atoms with Crippen molar-refractivity contribution in [1.29, 1.82) is 0 Å². The molecule has 3 heteroatoms. The second-order valence-corrected chi connectivity index (χ2v) is 8.25. The second kappa shape index (κ2) is 3.55. The van der Waals surface area contributed by atoms with Gasteiger partial charge in [-0.25, -0.2) is 0 Å². The topological polar surface area (TPSA) is 38.7 Å².